The van der Waals surface area contributed by atoms with Gasteiger partial charge in [-0.2, -0.15) is 5.26 Å². The number of nitrogens with zero attached hydrogens (tertiary/aromatic N) is 3. The molecule has 9 heteroatoms. The molecule has 136 valence electrons. The molecule has 1 aromatic carbocycles. The zero-order valence-electron chi connectivity index (χ0n) is 14.2. The number of rotatable bonds is 7. The summed E-state index contributed by atoms with van der Waals surface area (Å²) in [6.45, 7) is 0.0738. The summed E-state index contributed by atoms with van der Waals surface area (Å²) in [6, 6.07) is 8.02. The lowest BCUT2D eigenvalue weighted by atomic mass is 9.95. The van der Waals surface area contributed by atoms with Gasteiger partial charge < -0.3 is 14.8 Å². The van der Waals surface area contributed by atoms with Gasteiger partial charge in [0.2, 0.25) is 0 Å². The van der Waals surface area contributed by atoms with E-state index in [0.717, 1.165) is 11.1 Å². The lowest BCUT2D eigenvalue weighted by Gasteiger charge is -2.25. The van der Waals surface area contributed by atoms with Crippen LogP contribution in [0.4, 0.5) is 5.69 Å². The Labute approximate surface area is 150 Å². The van der Waals surface area contributed by atoms with Gasteiger partial charge in [-0.15, -0.1) is 0 Å². The van der Waals surface area contributed by atoms with Gasteiger partial charge in [-0.05, 0) is 29.7 Å². The van der Waals surface area contributed by atoms with E-state index in [9.17, 15) is 14.9 Å². The summed E-state index contributed by atoms with van der Waals surface area (Å²) in [5.41, 5.74) is 1.60. The molecule has 0 saturated heterocycles. The highest BCUT2D eigenvalue weighted by Gasteiger charge is 2.23. The second-order valence-corrected chi connectivity index (χ2v) is 5.40. The SMILES string of the molecule is COC1=NC=C(CCC(=O)OCCC#N)C(c2ccc([N+](=O)[O-])cc2)N1. The quantitative estimate of drug-likeness (QED) is 0.343. The van der Waals surface area contributed by atoms with Crippen LogP contribution in [0.1, 0.15) is 30.9 Å². The summed E-state index contributed by atoms with van der Waals surface area (Å²) in [6.07, 6.45) is 2.30. The number of nitro groups is 1. The molecule has 1 aliphatic heterocycles. The Morgan fingerprint density at radius 1 is 1.42 bits per heavy atom. The third-order valence-electron chi connectivity index (χ3n) is 3.71. The number of ether oxygens (including phenoxy) is 2. The molecule has 0 aliphatic carbocycles. The van der Waals surface area contributed by atoms with E-state index in [0.29, 0.717) is 12.4 Å². The van der Waals surface area contributed by atoms with Crippen molar-refractivity contribution in [1.29, 1.82) is 5.26 Å². The van der Waals surface area contributed by atoms with E-state index in [1.165, 1.54) is 19.2 Å². The zero-order chi connectivity index (χ0) is 18.9. The van der Waals surface area contributed by atoms with Gasteiger partial charge in [0.15, 0.2) is 0 Å². The average molecular weight is 358 g/mol. The van der Waals surface area contributed by atoms with Crippen molar-refractivity contribution in [3.05, 3.63) is 51.7 Å². The minimum absolute atomic E-state index is 0.00297. The molecule has 0 amide bonds. The van der Waals surface area contributed by atoms with Crippen LogP contribution in [-0.4, -0.2) is 30.6 Å². The van der Waals surface area contributed by atoms with Crippen molar-refractivity contribution in [3.63, 3.8) is 0 Å². The average Bonchev–Trinajstić information content (AvgIpc) is 2.66. The number of nitro benzene ring substituents is 1. The fourth-order valence-corrected chi connectivity index (χ4v) is 2.41. The molecular weight excluding hydrogens is 340 g/mol. The Morgan fingerprint density at radius 3 is 2.77 bits per heavy atom. The van der Waals surface area contributed by atoms with Crippen LogP contribution < -0.4 is 5.32 Å². The highest BCUT2D eigenvalue weighted by Crippen LogP contribution is 2.29. The number of aliphatic imine (C=N–C) groups is 1. The molecule has 0 spiro atoms. The topological polar surface area (TPSA) is 127 Å². The Kier molecular flexibility index (Phi) is 6.68. The van der Waals surface area contributed by atoms with Crippen LogP contribution in [0.3, 0.4) is 0 Å². The van der Waals surface area contributed by atoms with Crippen molar-refractivity contribution in [2.75, 3.05) is 13.7 Å². The lowest BCUT2D eigenvalue weighted by Crippen LogP contribution is -2.33. The summed E-state index contributed by atoms with van der Waals surface area (Å²) in [5, 5.41) is 22.3. The van der Waals surface area contributed by atoms with Crippen LogP contribution in [0.15, 0.2) is 41.0 Å². The van der Waals surface area contributed by atoms with Crippen molar-refractivity contribution in [2.24, 2.45) is 4.99 Å². The molecule has 1 unspecified atom stereocenters. The van der Waals surface area contributed by atoms with Crippen LogP contribution >= 0.6 is 0 Å². The molecule has 0 aromatic heterocycles. The van der Waals surface area contributed by atoms with Gasteiger partial charge in [0.25, 0.3) is 11.7 Å². The highest BCUT2D eigenvalue weighted by molar-refractivity contribution is 5.77. The monoisotopic (exact) mass is 358 g/mol. The first-order valence-electron chi connectivity index (χ1n) is 7.89. The number of non-ortho nitro benzene ring substituents is 1. The number of benzene rings is 1. The Morgan fingerprint density at radius 2 is 2.15 bits per heavy atom. The number of carbonyl (C=O) groups is 1. The molecule has 0 saturated carbocycles. The van der Waals surface area contributed by atoms with Crippen molar-refractivity contribution in [2.45, 2.75) is 25.3 Å². The maximum Gasteiger partial charge on any atom is 0.306 e. The van der Waals surface area contributed by atoms with Gasteiger partial charge in [-0.1, -0.05) is 0 Å². The van der Waals surface area contributed by atoms with Crippen molar-refractivity contribution >= 4 is 17.7 Å². The third-order valence-corrected chi connectivity index (χ3v) is 3.71. The largest absolute Gasteiger partial charge is 0.468 e. The summed E-state index contributed by atoms with van der Waals surface area (Å²) in [4.78, 5) is 26.2. The molecule has 26 heavy (non-hydrogen) atoms. The molecule has 1 aliphatic rings. The lowest BCUT2D eigenvalue weighted by molar-refractivity contribution is -0.384. The number of nitrogens with one attached hydrogen (secondary N) is 1. The highest BCUT2D eigenvalue weighted by atomic mass is 16.6. The molecule has 1 aromatic rings. The van der Waals surface area contributed by atoms with Crippen molar-refractivity contribution < 1.29 is 19.2 Å². The van der Waals surface area contributed by atoms with E-state index in [1.807, 2.05) is 6.07 Å². The van der Waals surface area contributed by atoms with Crippen LogP contribution in [0.5, 0.6) is 0 Å². The van der Waals surface area contributed by atoms with E-state index < -0.39 is 10.9 Å². The number of amidine groups is 1. The van der Waals surface area contributed by atoms with Crippen molar-refractivity contribution in [1.82, 2.24) is 5.32 Å². The predicted octanol–water partition coefficient (Wildman–Crippen LogP) is 2.36. The second-order valence-electron chi connectivity index (χ2n) is 5.40. The van der Waals surface area contributed by atoms with Crippen LogP contribution in [-0.2, 0) is 14.3 Å². The van der Waals surface area contributed by atoms with E-state index in [1.54, 1.807) is 18.3 Å². The Balaban J connectivity index is 2.09. The predicted molar refractivity (Wildman–Crippen MR) is 91.9 cm³/mol. The first-order valence-corrected chi connectivity index (χ1v) is 7.89. The van der Waals surface area contributed by atoms with Gasteiger partial charge >= 0.3 is 5.97 Å². The molecule has 0 radical (unpaired) electrons. The molecule has 1 N–H and O–H groups in total. The fourth-order valence-electron chi connectivity index (χ4n) is 2.41. The maximum absolute atomic E-state index is 11.7. The minimum atomic E-state index is -0.464. The van der Waals surface area contributed by atoms with Gasteiger partial charge in [0.1, 0.15) is 6.61 Å². The van der Waals surface area contributed by atoms with Gasteiger partial charge in [0.05, 0.1) is 30.6 Å². The number of hydrogen-bond acceptors (Lipinski definition) is 8. The van der Waals surface area contributed by atoms with E-state index in [4.69, 9.17) is 14.7 Å². The van der Waals surface area contributed by atoms with Gasteiger partial charge in [-0.3, -0.25) is 14.9 Å². The third kappa shape index (κ3) is 5.04. The molecular formula is C17H18N4O5. The standard InChI is InChI=1S/C17H18N4O5/c1-25-17-19-11-13(5-8-15(22)26-10-2-9-18)16(20-17)12-3-6-14(7-4-12)21(23)24/h3-4,6-7,11,16H,2,5,8,10H2,1H3,(H,19,20). The minimum Gasteiger partial charge on any atom is -0.468 e. The molecule has 2 rings (SSSR count). The number of carbonyl (C=O) groups excluding carboxylic acids is 1. The van der Waals surface area contributed by atoms with Crippen LogP contribution in [0.25, 0.3) is 0 Å². The summed E-state index contributed by atoms with van der Waals surface area (Å²) in [7, 11) is 1.48. The smallest absolute Gasteiger partial charge is 0.306 e. The second kappa shape index (κ2) is 9.17. The first-order chi connectivity index (χ1) is 12.5. The molecule has 1 atom stereocenters. The summed E-state index contributed by atoms with van der Waals surface area (Å²) < 4.78 is 10.1. The van der Waals surface area contributed by atoms with Gasteiger partial charge in [0, 0.05) is 24.8 Å². The molecule has 1 heterocycles. The summed E-state index contributed by atoms with van der Waals surface area (Å²) in [5.74, 6) is -0.398. The van der Waals surface area contributed by atoms with E-state index in [-0.39, 0.29) is 31.2 Å². The molecule has 9 nitrogen and oxygen atoms in total. The van der Waals surface area contributed by atoms with Gasteiger partial charge in [-0.25, -0.2) is 4.99 Å². The molecule has 0 fully saturated rings. The first kappa shape index (κ1) is 18.9. The van der Waals surface area contributed by atoms with Crippen molar-refractivity contribution in [3.8, 4) is 6.07 Å². The number of methoxy groups -OCH3 is 1. The number of hydrogen-bond donors (Lipinski definition) is 1. The molecule has 0 bridgehead atoms. The zero-order valence-corrected chi connectivity index (χ0v) is 14.2. The summed E-state index contributed by atoms with van der Waals surface area (Å²) >= 11 is 0. The Bertz CT molecular complexity index is 764. The maximum atomic E-state index is 11.7. The van der Waals surface area contributed by atoms with E-state index >= 15 is 0 Å². The number of esters is 1. The number of nitriles is 1. The normalized spacial score (nSPS) is 15.8. The van der Waals surface area contributed by atoms with Crippen LogP contribution in [0.2, 0.25) is 0 Å². The van der Waals surface area contributed by atoms with E-state index in [2.05, 4.69) is 10.3 Å². The fraction of sp³-hybridized carbons (Fsp3) is 0.353. The Hall–Kier alpha value is -3.41. The van der Waals surface area contributed by atoms with Crippen LogP contribution in [0, 0.1) is 21.4 Å².